The third kappa shape index (κ3) is 2.20. The fourth-order valence-electron chi connectivity index (χ4n) is 2.29. The molecule has 2 rings (SSSR count). The summed E-state index contributed by atoms with van der Waals surface area (Å²) in [6, 6.07) is 7.16. The van der Waals surface area contributed by atoms with E-state index < -0.39 is 11.5 Å². The second-order valence-electron chi connectivity index (χ2n) is 4.52. The predicted molar refractivity (Wildman–Crippen MR) is 61.0 cm³/mol. The minimum Gasteiger partial charge on any atom is -0.307 e. The molecule has 0 spiro atoms. The molecule has 0 saturated carbocycles. The standard InChI is InChI=1S/C12H14ClF2N/c1-11(8-12(14,15)6-7-16-11)9-4-2-3-5-10(9)13/h2-5,16H,6-8H2,1H3. The molecule has 1 aromatic carbocycles. The van der Waals surface area contributed by atoms with E-state index >= 15 is 0 Å². The molecule has 0 aromatic heterocycles. The number of halogens is 3. The van der Waals surface area contributed by atoms with Gasteiger partial charge in [-0.15, -0.1) is 0 Å². The van der Waals surface area contributed by atoms with E-state index in [0.717, 1.165) is 5.56 Å². The molecule has 0 amide bonds. The van der Waals surface area contributed by atoms with E-state index in [-0.39, 0.29) is 12.8 Å². The van der Waals surface area contributed by atoms with E-state index in [9.17, 15) is 8.78 Å². The Morgan fingerprint density at radius 3 is 2.62 bits per heavy atom. The Labute approximate surface area is 98.8 Å². The van der Waals surface area contributed by atoms with Crippen molar-refractivity contribution in [2.75, 3.05) is 6.54 Å². The Bertz CT molecular complexity index is 394. The first-order valence-electron chi connectivity index (χ1n) is 5.31. The van der Waals surface area contributed by atoms with E-state index in [1.807, 2.05) is 6.07 Å². The normalized spacial score (nSPS) is 29.0. The van der Waals surface area contributed by atoms with Crippen molar-refractivity contribution >= 4 is 11.6 Å². The topological polar surface area (TPSA) is 12.0 Å². The van der Waals surface area contributed by atoms with Crippen LogP contribution < -0.4 is 5.32 Å². The number of benzene rings is 1. The summed E-state index contributed by atoms with van der Waals surface area (Å²) in [7, 11) is 0. The van der Waals surface area contributed by atoms with Crippen LogP contribution in [0.5, 0.6) is 0 Å². The summed E-state index contributed by atoms with van der Waals surface area (Å²) in [4.78, 5) is 0. The van der Waals surface area contributed by atoms with Gasteiger partial charge in [-0.25, -0.2) is 8.78 Å². The molecule has 1 heterocycles. The molecule has 1 N–H and O–H groups in total. The minimum absolute atomic E-state index is 0.104. The van der Waals surface area contributed by atoms with Crippen LogP contribution in [0.1, 0.15) is 25.3 Å². The number of hydrogen-bond acceptors (Lipinski definition) is 1. The van der Waals surface area contributed by atoms with Gasteiger partial charge in [0.25, 0.3) is 5.92 Å². The van der Waals surface area contributed by atoms with Gasteiger partial charge in [-0.1, -0.05) is 29.8 Å². The van der Waals surface area contributed by atoms with Crippen LogP contribution >= 0.6 is 11.6 Å². The molecule has 4 heteroatoms. The van der Waals surface area contributed by atoms with Crippen molar-refractivity contribution in [1.29, 1.82) is 0 Å². The van der Waals surface area contributed by atoms with E-state index in [1.165, 1.54) is 0 Å². The molecular formula is C12H14ClF2N. The summed E-state index contributed by atoms with van der Waals surface area (Å²) in [6.45, 7) is 2.09. The van der Waals surface area contributed by atoms with Crippen molar-refractivity contribution in [3.05, 3.63) is 34.9 Å². The summed E-state index contributed by atoms with van der Waals surface area (Å²) in [5.74, 6) is -2.61. The second kappa shape index (κ2) is 3.97. The van der Waals surface area contributed by atoms with Gasteiger partial charge in [0, 0.05) is 29.9 Å². The lowest BCUT2D eigenvalue weighted by Crippen LogP contribution is -2.50. The first kappa shape index (κ1) is 11.8. The van der Waals surface area contributed by atoms with Gasteiger partial charge in [-0.2, -0.15) is 0 Å². The van der Waals surface area contributed by atoms with Gasteiger partial charge in [-0.3, -0.25) is 0 Å². The third-order valence-corrected chi connectivity index (χ3v) is 3.42. The maximum Gasteiger partial charge on any atom is 0.251 e. The van der Waals surface area contributed by atoms with Crippen molar-refractivity contribution in [1.82, 2.24) is 5.32 Å². The predicted octanol–water partition coefficient (Wildman–Crippen LogP) is 3.57. The van der Waals surface area contributed by atoms with Gasteiger partial charge in [0.2, 0.25) is 0 Å². The summed E-state index contributed by atoms with van der Waals surface area (Å²) in [5, 5.41) is 3.68. The minimum atomic E-state index is -2.61. The molecule has 0 aliphatic carbocycles. The number of hydrogen-bond donors (Lipinski definition) is 1. The molecule has 0 radical (unpaired) electrons. The molecule has 1 fully saturated rings. The molecule has 16 heavy (non-hydrogen) atoms. The van der Waals surface area contributed by atoms with E-state index in [2.05, 4.69) is 5.32 Å². The van der Waals surface area contributed by atoms with Gasteiger partial charge >= 0.3 is 0 Å². The maximum absolute atomic E-state index is 13.4. The van der Waals surface area contributed by atoms with Crippen molar-refractivity contribution in [2.24, 2.45) is 0 Å². The van der Waals surface area contributed by atoms with Crippen LogP contribution in [0.3, 0.4) is 0 Å². The van der Waals surface area contributed by atoms with Crippen LogP contribution in [0.2, 0.25) is 5.02 Å². The Morgan fingerprint density at radius 1 is 1.31 bits per heavy atom. The lowest BCUT2D eigenvalue weighted by atomic mass is 9.82. The molecule has 1 unspecified atom stereocenters. The largest absolute Gasteiger partial charge is 0.307 e. The van der Waals surface area contributed by atoms with Gasteiger partial charge in [-0.05, 0) is 18.6 Å². The number of rotatable bonds is 1. The highest BCUT2D eigenvalue weighted by Gasteiger charge is 2.44. The average molecular weight is 246 g/mol. The summed E-state index contributed by atoms with van der Waals surface area (Å²) < 4.78 is 26.9. The quantitative estimate of drug-likeness (QED) is 0.798. The molecule has 1 nitrogen and oxygen atoms in total. The van der Waals surface area contributed by atoms with Crippen LogP contribution in [-0.4, -0.2) is 12.5 Å². The molecule has 1 atom stereocenters. The van der Waals surface area contributed by atoms with Crippen LogP contribution in [0.4, 0.5) is 8.78 Å². The van der Waals surface area contributed by atoms with E-state index in [0.29, 0.717) is 11.6 Å². The molecule has 0 bridgehead atoms. The lowest BCUT2D eigenvalue weighted by Gasteiger charge is -2.40. The van der Waals surface area contributed by atoms with Crippen LogP contribution in [0.15, 0.2) is 24.3 Å². The zero-order valence-corrected chi connectivity index (χ0v) is 9.82. The molecule has 1 aliphatic heterocycles. The Kier molecular flexibility index (Phi) is 2.93. The van der Waals surface area contributed by atoms with Crippen LogP contribution in [0, 0.1) is 0 Å². The summed E-state index contributed by atoms with van der Waals surface area (Å²) >= 11 is 6.06. The van der Waals surface area contributed by atoms with Gasteiger partial charge in [0.1, 0.15) is 0 Å². The highest BCUT2D eigenvalue weighted by Crippen LogP contribution is 2.40. The Hall–Kier alpha value is -0.670. The Balaban J connectivity index is 2.35. The van der Waals surface area contributed by atoms with Crippen molar-refractivity contribution < 1.29 is 8.78 Å². The lowest BCUT2D eigenvalue weighted by molar-refractivity contribution is -0.0611. The smallest absolute Gasteiger partial charge is 0.251 e. The molecule has 1 saturated heterocycles. The molecular weight excluding hydrogens is 232 g/mol. The van der Waals surface area contributed by atoms with E-state index in [1.54, 1.807) is 25.1 Å². The molecule has 1 aliphatic rings. The van der Waals surface area contributed by atoms with Crippen molar-refractivity contribution in [3.63, 3.8) is 0 Å². The molecule has 88 valence electrons. The monoisotopic (exact) mass is 245 g/mol. The number of nitrogens with one attached hydrogen (secondary N) is 1. The fourth-order valence-corrected chi connectivity index (χ4v) is 2.63. The Morgan fingerprint density at radius 2 is 2.00 bits per heavy atom. The second-order valence-corrected chi connectivity index (χ2v) is 4.93. The third-order valence-electron chi connectivity index (χ3n) is 3.09. The SMILES string of the molecule is CC1(c2ccccc2Cl)CC(F)(F)CCN1. The molecule has 1 aromatic rings. The van der Waals surface area contributed by atoms with E-state index in [4.69, 9.17) is 11.6 Å². The van der Waals surface area contributed by atoms with Gasteiger partial charge in [0.15, 0.2) is 0 Å². The van der Waals surface area contributed by atoms with Gasteiger partial charge < -0.3 is 5.32 Å². The first-order chi connectivity index (χ1) is 7.43. The fraction of sp³-hybridized carbons (Fsp3) is 0.500. The highest BCUT2D eigenvalue weighted by molar-refractivity contribution is 6.31. The number of piperidine rings is 1. The van der Waals surface area contributed by atoms with Crippen LogP contribution in [-0.2, 0) is 5.54 Å². The zero-order chi connectivity index (χ0) is 11.8. The van der Waals surface area contributed by atoms with Crippen molar-refractivity contribution in [3.8, 4) is 0 Å². The highest BCUT2D eigenvalue weighted by atomic mass is 35.5. The zero-order valence-electron chi connectivity index (χ0n) is 9.06. The summed E-state index contributed by atoms with van der Waals surface area (Å²) in [6.07, 6.45) is -0.309. The first-order valence-corrected chi connectivity index (χ1v) is 5.69. The van der Waals surface area contributed by atoms with Crippen LogP contribution in [0.25, 0.3) is 0 Å². The van der Waals surface area contributed by atoms with Gasteiger partial charge in [0.05, 0.1) is 0 Å². The maximum atomic E-state index is 13.4. The summed E-state index contributed by atoms with van der Waals surface area (Å²) in [5.41, 5.74) is 0.0103. The van der Waals surface area contributed by atoms with Crippen molar-refractivity contribution in [2.45, 2.75) is 31.2 Å². The average Bonchev–Trinajstić information content (AvgIpc) is 2.16. The number of alkyl halides is 2.